The molecule has 3 rings (SSSR count). The summed E-state index contributed by atoms with van der Waals surface area (Å²) < 4.78 is 0.778. The van der Waals surface area contributed by atoms with Crippen LogP contribution in [0.1, 0.15) is 36.0 Å². The number of hydrogen-bond donors (Lipinski definition) is 1. The van der Waals surface area contributed by atoms with Crippen LogP contribution in [0.25, 0.3) is 0 Å². The Morgan fingerprint density at radius 3 is 2.80 bits per heavy atom. The van der Waals surface area contributed by atoms with E-state index < -0.39 is 0 Å². The maximum absolute atomic E-state index is 12.7. The molecule has 1 aromatic carbocycles. The minimum Gasteiger partial charge on any atom is -0.334 e. The van der Waals surface area contributed by atoms with Gasteiger partial charge < -0.3 is 10.2 Å². The number of carbonyl (C=O) groups excluding carboxylic acids is 1. The Morgan fingerprint density at radius 1 is 1.40 bits per heavy atom. The third-order valence-corrected chi connectivity index (χ3v) is 5.21. The van der Waals surface area contributed by atoms with Crippen molar-refractivity contribution in [3.8, 4) is 0 Å². The highest BCUT2D eigenvalue weighted by Gasteiger charge is 2.35. The van der Waals surface area contributed by atoms with Gasteiger partial charge in [-0.25, -0.2) is 0 Å². The Kier molecular flexibility index (Phi) is 4.34. The summed E-state index contributed by atoms with van der Waals surface area (Å²) in [5, 5.41) is 4.11. The lowest BCUT2D eigenvalue weighted by atomic mass is 10.1. The van der Waals surface area contributed by atoms with Crippen molar-refractivity contribution in [2.75, 3.05) is 13.1 Å². The van der Waals surface area contributed by atoms with E-state index in [1.807, 2.05) is 17.0 Å². The quantitative estimate of drug-likeness (QED) is 0.895. The normalized spacial score (nSPS) is 22.0. The second-order valence-electron chi connectivity index (χ2n) is 5.61. The maximum atomic E-state index is 12.7. The molecule has 0 spiro atoms. The molecule has 1 amide bonds. The number of hydrogen-bond acceptors (Lipinski definition) is 2. The topological polar surface area (TPSA) is 32.3 Å². The van der Waals surface area contributed by atoms with Gasteiger partial charge in [0.1, 0.15) is 0 Å². The van der Waals surface area contributed by atoms with Crippen molar-refractivity contribution in [1.29, 1.82) is 0 Å². The van der Waals surface area contributed by atoms with E-state index >= 15 is 0 Å². The fraction of sp³-hybridized carbons (Fsp3) is 0.533. The lowest BCUT2D eigenvalue weighted by Crippen LogP contribution is -2.42. The van der Waals surface area contributed by atoms with Crippen molar-refractivity contribution >= 4 is 33.4 Å². The van der Waals surface area contributed by atoms with Gasteiger partial charge in [-0.3, -0.25) is 4.79 Å². The molecule has 1 aliphatic heterocycles. The number of benzene rings is 1. The fourth-order valence-electron chi connectivity index (χ4n) is 2.73. The van der Waals surface area contributed by atoms with E-state index in [0.717, 1.165) is 30.4 Å². The van der Waals surface area contributed by atoms with Gasteiger partial charge in [-0.15, -0.1) is 0 Å². The molecule has 0 aromatic heterocycles. The Labute approximate surface area is 132 Å². The highest BCUT2D eigenvalue weighted by Crippen LogP contribution is 2.30. The van der Waals surface area contributed by atoms with Gasteiger partial charge in [0.25, 0.3) is 5.91 Å². The van der Waals surface area contributed by atoms with Gasteiger partial charge in [-0.05, 0) is 66.4 Å². The Bertz CT molecular complexity index is 513. The van der Waals surface area contributed by atoms with E-state index in [-0.39, 0.29) is 5.91 Å². The standard InChI is InChI=1S/C15H18BrClN2O/c16-13-8-10(3-6-14(13)17)15(20)19(12-4-5-12)9-11-2-1-7-18-11/h3,6,8,11-12,18H,1-2,4-5,7,9H2. The van der Waals surface area contributed by atoms with Crippen LogP contribution >= 0.6 is 27.5 Å². The van der Waals surface area contributed by atoms with Crippen LogP contribution in [0, 0.1) is 0 Å². The molecule has 20 heavy (non-hydrogen) atoms. The average molecular weight is 358 g/mol. The van der Waals surface area contributed by atoms with Crippen LogP contribution in [0.3, 0.4) is 0 Å². The smallest absolute Gasteiger partial charge is 0.254 e. The van der Waals surface area contributed by atoms with E-state index in [2.05, 4.69) is 21.2 Å². The summed E-state index contributed by atoms with van der Waals surface area (Å²) in [6.45, 7) is 1.90. The van der Waals surface area contributed by atoms with Crippen molar-refractivity contribution in [2.24, 2.45) is 0 Å². The third-order valence-electron chi connectivity index (χ3n) is 3.99. The van der Waals surface area contributed by atoms with Crippen LogP contribution in [0.4, 0.5) is 0 Å². The molecule has 1 saturated carbocycles. The Morgan fingerprint density at radius 2 is 2.20 bits per heavy atom. The van der Waals surface area contributed by atoms with E-state index in [1.54, 1.807) is 6.07 Å². The summed E-state index contributed by atoms with van der Waals surface area (Å²) in [5.41, 5.74) is 0.714. The highest BCUT2D eigenvalue weighted by molar-refractivity contribution is 9.10. The van der Waals surface area contributed by atoms with Gasteiger partial charge in [0, 0.05) is 28.7 Å². The molecule has 1 unspecified atom stereocenters. The molecule has 1 aromatic rings. The zero-order chi connectivity index (χ0) is 14.1. The van der Waals surface area contributed by atoms with Crippen molar-refractivity contribution in [3.05, 3.63) is 33.3 Å². The molecule has 1 heterocycles. The first kappa shape index (κ1) is 14.4. The molecule has 1 atom stereocenters. The molecule has 1 N–H and O–H groups in total. The Balaban J connectivity index is 1.75. The largest absolute Gasteiger partial charge is 0.334 e. The monoisotopic (exact) mass is 356 g/mol. The number of rotatable bonds is 4. The molecule has 2 aliphatic rings. The van der Waals surface area contributed by atoms with E-state index in [9.17, 15) is 4.79 Å². The molecule has 0 bridgehead atoms. The van der Waals surface area contributed by atoms with Gasteiger partial charge in [-0.2, -0.15) is 0 Å². The van der Waals surface area contributed by atoms with Crippen molar-refractivity contribution in [3.63, 3.8) is 0 Å². The minimum absolute atomic E-state index is 0.124. The second kappa shape index (κ2) is 6.04. The summed E-state index contributed by atoms with van der Waals surface area (Å²) in [6, 6.07) is 6.29. The molecular weight excluding hydrogens is 340 g/mol. The van der Waals surface area contributed by atoms with Crippen LogP contribution in [0.2, 0.25) is 5.02 Å². The van der Waals surface area contributed by atoms with Crippen molar-refractivity contribution in [1.82, 2.24) is 10.2 Å². The van der Waals surface area contributed by atoms with E-state index in [4.69, 9.17) is 11.6 Å². The van der Waals surface area contributed by atoms with Gasteiger partial charge in [-0.1, -0.05) is 11.6 Å². The molecule has 1 aliphatic carbocycles. The molecule has 3 nitrogen and oxygen atoms in total. The average Bonchev–Trinajstić information content (AvgIpc) is 3.15. The van der Waals surface area contributed by atoms with E-state index in [0.29, 0.717) is 22.7 Å². The van der Waals surface area contributed by atoms with E-state index in [1.165, 1.54) is 12.8 Å². The lowest BCUT2D eigenvalue weighted by Gasteiger charge is -2.26. The molecule has 5 heteroatoms. The number of nitrogens with zero attached hydrogens (tertiary/aromatic N) is 1. The van der Waals surface area contributed by atoms with Crippen LogP contribution in [-0.2, 0) is 0 Å². The molecule has 0 radical (unpaired) electrons. The van der Waals surface area contributed by atoms with Crippen LogP contribution in [0.15, 0.2) is 22.7 Å². The van der Waals surface area contributed by atoms with Gasteiger partial charge in [0.15, 0.2) is 0 Å². The Hall–Kier alpha value is -0.580. The predicted octanol–water partition coefficient (Wildman–Crippen LogP) is 3.46. The molecule has 1 saturated heterocycles. The number of nitrogens with one attached hydrogen (secondary N) is 1. The van der Waals surface area contributed by atoms with Crippen molar-refractivity contribution in [2.45, 2.75) is 37.8 Å². The minimum atomic E-state index is 0.124. The number of halogens is 2. The fourth-order valence-corrected chi connectivity index (χ4v) is 3.23. The number of carbonyl (C=O) groups is 1. The van der Waals surface area contributed by atoms with Crippen LogP contribution in [-0.4, -0.2) is 36.0 Å². The van der Waals surface area contributed by atoms with Crippen LogP contribution in [0.5, 0.6) is 0 Å². The lowest BCUT2D eigenvalue weighted by molar-refractivity contribution is 0.0728. The van der Waals surface area contributed by atoms with Gasteiger partial charge in [0.05, 0.1) is 5.02 Å². The predicted molar refractivity (Wildman–Crippen MR) is 84.2 cm³/mol. The van der Waals surface area contributed by atoms with Gasteiger partial charge >= 0.3 is 0 Å². The zero-order valence-electron chi connectivity index (χ0n) is 11.2. The maximum Gasteiger partial charge on any atom is 0.254 e. The summed E-state index contributed by atoms with van der Waals surface area (Å²) in [6.07, 6.45) is 4.64. The first-order valence-corrected chi connectivity index (χ1v) is 8.31. The van der Waals surface area contributed by atoms with Crippen molar-refractivity contribution < 1.29 is 4.79 Å². The number of amides is 1. The highest BCUT2D eigenvalue weighted by atomic mass is 79.9. The zero-order valence-corrected chi connectivity index (χ0v) is 13.6. The first-order chi connectivity index (χ1) is 9.65. The third kappa shape index (κ3) is 3.18. The summed E-state index contributed by atoms with van der Waals surface area (Å²) in [4.78, 5) is 14.8. The first-order valence-electron chi connectivity index (χ1n) is 7.14. The van der Waals surface area contributed by atoms with Gasteiger partial charge in [0.2, 0.25) is 0 Å². The van der Waals surface area contributed by atoms with Crippen LogP contribution < -0.4 is 5.32 Å². The summed E-state index contributed by atoms with van der Waals surface area (Å²) in [7, 11) is 0. The second-order valence-corrected chi connectivity index (χ2v) is 6.87. The summed E-state index contributed by atoms with van der Waals surface area (Å²) >= 11 is 9.38. The SMILES string of the molecule is O=C(c1ccc(Cl)c(Br)c1)N(CC1CCCN1)C1CC1. The molecular formula is C15H18BrClN2O. The molecule has 108 valence electrons. The molecule has 2 fully saturated rings. The summed E-state index contributed by atoms with van der Waals surface area (Å²) in [5.74, 6) is 0.124.